The van der Waals surface area contributed by atoms with Gasteiger partial charge in [-0.2, -0.15) is 0 Å². The van der Waals surface area contributed by atoms with Gasteiger partial charge in [0.1, 0.15) is 18.2 Å². The fourth-order valence-corrected chi connectivity index (χ4v) is 3.49. The lowest BCUT2D eigenvalue weighted by Gasteiger charge is -2.22. The van der Waals surface area contributed by atoms with E-state index in [1.54, 1.807) is 39.8 Å². The van der Waals surface area contributed by atoms with Gasteiger partial charge < -0.3 is 19.5 Å². The van der Waals surface area contributed by atoms with Gasteiger partial charge in [0, 0.05) is 12.0 Å². The Balaban J connectivity index is 1.86. The first-order valence-electron chi connectivity index (χ1n) is 12.3. The van der Waals surface area contributed by atoms with Crippen molar-refractivity contribution in [1.82, 2.24) is 10.3 Å². The minimum atomic E-state index is -1.11. The lowest BCUT2D eigenvalue weighted by molar-refractivity contribution is -0.145. The highest BCUT2D eigenvalue weighted by molar-refractivity contribution is 5.87. The lowest BCUT2D eigenvalue weighted by atomic mass is 10.1. The maximum atomic E-state index is 12.8. The maximum Gasteiger partial charge on any atom is 0.412 e. The van der Waals surface area contributed by atoms with E-state index in [0.29, 0.717) is 17.1 Å². The van der Waals surface area contributed by atoms with Gasteiger partial charge in [-0.25, -0.2) is 14.4 Å². The van der Waals surface area contributed by atoms with E-state index in [4.69, 9.17) is 19.2 Å². The summed E-state index contributed by atoms with van der Waals surface area (Å²) in [7, 11) is 0. The number of esters is 1. The van der Waals surface area contributed by atoms with Gasteiger partial charge in [0.05, 0.1) is 23.7 Å². The van der Waals surface area contributed by atoms with Crippen LogP contribution in [0.5, 0.6) is 0 Å². The molecule has 0 aliphatic carbocycles. The molecule has 200 valence electrons. The normalized spacial score (nSPS) is 11.7. The molecule has 3 rings (SSSR count). The molecule has 1 aromatic heterocycles. The molecule has 2 amide bonds. The summed E-state index contributed by atoms with van der Waals surface area (Å²) in [6.45, 7) is 7.10. The maximum absolute atomic E-state index is 12.8. The first-order chi connectivity index (χ1) is 18.1. The molecule has 38 heavy (non-hydrogen) atoms. The summed E-state index contributed by atoms with van der Waals surface area (Å²) in [5, 5.41) is 5.28. The second-order valence-corrected chi connectivity index (χ2v) is 9.40. The van der Waals surface area contributed by atoms with Gasteiger partial charge in [0.15, 0.2) is 0 Å². The van der Waals surface area contributed by atoms with Gasteiger partial charge in [0.2, 0.25) is 0 Å². The summed E-state index contributed by atoms with van der Waals surface area (Å²) >= 11 is 0. The number of aromatic nitrogens is 1. The summed E-state index contributed by atoms with van der Waals surface area (Å²) < 4.78 is 15.9. The Morgan fingerprint density at radius 2 is 1.53 bits per heavy atom. The van der Waals surface area contributed by atoms with E-state index < -0.39 is 29.8 Å². The van der Waals surface area contributed by atoms with Gasteiger partial charge >= 0.3 is 18.2 Å². The quantitative estimate of drug-likeness (QED) is 0.283. The Hall–Kier alpha value is -4.40. The second kappa shape index (κ2) is 13.2. The zero-order valence-corrected chi connectivity index (χ0v) is 22.0. The van der Waals surface area contributed by atoms with Crippen LogP contribution in [0.4, 0.5) is 15.3 Å². The van der Waals surface area contributed by atoms with E-state index >= 15 is 0 Å². The standard InChI is InChI=1S/C29H33N3O6/c1-5-36-26(33)25(32-27(34)37-19-20-12-8-6-9-13-20)18-24-23(31-28(35)38-29(2,3)4)17-16-22(30-24)21-14-10-7-11-15-21/h6-17,25H,5,18-19H2,1-4H3,(H,31,35)(H,32,34). The van der Waals surface area contributed by atoms with Crippen LogP contribution in [0.1, 0.15) is 39.0 Å². The van der Waals surface area contributed by atoms with Gasteiger partial charge in [-0.15, -0.1) is 0 Å². The van der Waals surface area contributed by atoms with Crippen molar-refractivity contribution in [2.45, 2.75) is 52.4 Å². The summed E-state index contributed by atoms with van der Waals surface area (Å²) in [5.74, 6) is -0.653. The van der Waals surface area contributed by atoms with Crippen LogP contribution in [0, 0.1) is 0 Å². The smallest absolute Gasteiger partial charge is 0.412 e. The molecule has 2 aromatic carbocycles. The van der Waals surface area contributed by atoms with Crippen LogP contribution in [0.2, 0.25) is 0 Å². The van der Waals surface area contributed by atoms with Crippen molar-refractivity contribution < 1.29 is 28.6 Å². The fraction of sp³-hybridized carbons (Fsp3) is 0.310. The Bertz CT molecular complexity index is 1230. The van der Waals surface area contributed by atoms with E-state index in [-0.39, 0.29) is 19.6 Å². The van der Waals surface area contributed by atoms with Crippen molar-refractivity contribution >= 4 is 23.8 Å². The monoisotopic (exact) mass is 519 g/mol. The van der Waals surface area contributed by atoms with Crippen LogP contribution >= 0.6 is 0 Å². The Kier molecular flexibility index (Phi) is 9.81. The van der Waals surface area contributed by atoms with Crippen molar-refractivity contribution in [3.05, 3.63) is 84.1 Å². The van der Waals surface area contributed by atoms with Gasteiger partial charge in [-0.05, 0) is 45.4 Å². The Morgan fingerprint density at radius 3 is 2.16 bits per heavy atom. The highest BCUT2D eigenvalue weighted by Gasteiger charge is 2.26. The van der Waals surface area contributed by atoms with Gasteiger partial charge in [0.25, 0.3) is 0 Å². The number of hydrogen-bond donors (Lipinski definition) is 2. The van der Waals surface area contributed by atoms with Crippen LogP contribution in [0.3, 0.4) is 0 Å². The molecule has 1 atom stereocenters. The number of alkyl carbamates (subject to hydrolysis) is 1. The third kappa shape index (κ3) is 8.92. The zero-order chi connectivity index (χ0) is 27.5. The SMILES string of the molecule is CCOC(=O)C(Cc1nc(-c2ccccc2)ccc1NC(=O)OC(C)(C)C)NC(=O)OCc1ccccc1. The second-order valence-electron chi connectivity index (χ2n) is 9.40. The molecular formula is C29H33N3O6. The minimum Gasteiger partial charge on any atom is -0.464 e. The van der Waals surface area contributed by atoms with Crippen LogP contribution in [0.25, 0.3) is 11.3 Å². The number of benzene rings is 2. The topological polar surface area (TPSA) is 116 Å². The molecule has 0 saturated carbocycles. The molecule has 9 heteroatoms. The first kappa shape index (κ1) is 28.2. The van der Waals surface area contributed by atoms with E-state index in [9.17, 15) is 14.4 Å². The summed E-state index contributed by atoms with van der Waals surface area (Å²) in [4.78, 5) is 42.6. The molecule has 0 spiro atoms. The molecule has 9 nitrogen and oxygen atoms in total. The third-order valence-electron chi connectivity index (χ3n) is 5.15. The molecule has 3 aromatic rings. The molecule has 1 unspecified atom stereocenters. The molecule has 2 N–H and O–H groups in total. The largest absolute Gasteiger partial charge is 0.464 e. The number of amides is 2. The molecule has 1 heterocycles. The Morgan fingerprint density at radius 1 is 0.868 bits per heavy atom. The van der Waals surface area contributed by atoms with Gasteiger partial charge in [-0.3, -0.25) is 10.3 Å². The number of pyridine rings is 1. The average molecular weight is 520 g/mol. The summed E-state index contributed by atoms with van der Waals surface area (Å²) in [6, 6.07) is 21.0. The average Bonchev–Trinajstić information content (AvgIpc) is 2.88. The number of carbonyl (C=O) groups excluding carboxylic acids is 3. The molecule has 0 bridgehead atoms. The number of ether oxygens (including phenoxy) is 3. The summed E-state index contributed by atoms with van der Waals surface area (Å²) in [5.41, 5.74) is 2.27. The summed E-state index contributed by atoms with van der Waals surface area (Å²) in [6.07, 6.45) is -1.52. The minimum absolute atomic E-state index is 0.0371. The van der Waals surface area contributed by atoms with Crippen LogP contribution in [-0.4, -0.2) is 41.4 Å². The first-order valence-corrected chi connectivity index (χ1v) is 12.3. The lowest BCUT2D eigenvalue weighted by Crippen LogP contribution is -2.44. The van der Waals surface area contributed by atoms with Crippen molar-refractivity contribution in [3.63, 3.8) is 0 Å². The van der Waals surface area contributed by atoms with Crippen molar-refractivity contribution in [1.29, 1.82) is 0 Å². The number of nitrogens with zero attached hydrogens (tertiary/aromatic N) is 1. The predicted octanol–water partition coefficient (Wildman–Crippen LogP) is 5.50. The number of hydrogen-bond acceptors (Lipinski definition) is 7. The highest BCUT2D eigenvalue weighted by Crippen LogP contribution is 2.24. The number of nitrogens with one attached hydrogen (secondary N) is 2. The molecule has 0 aliphatic rings. The Labute approximate surface area is 222 Å². The van der Waals surface area contributed by atoms with Crippen LogP contribution in [0.15, 0.2) is 72.8 Å². The number of carbonyl (C=O) groups is 3. The molecule has 0 aliphatic heterocycles. The molecule has 0 radical (unpaired) electrons. The fourth-order valence-electron chi connectivity index (χ4n) is 3.49. The van der Waals surface area contributed by atoms with E-state index in [0.717, 1.165) is 11.1 Å². The van der Waals surface area contributed by atoms with E-state index in [1.807, 2.05) is 60.7 Å². The van der Waals surface area contributed by atoms with Gasteiger partial charge in [-0.1, -0.05) is 60.7 Å². The zero-order valence-electron chi connectivity index (χ0n) is 22.0. The molecule has 0 saturated heterocycles. The van der Waals surface area contributed by atoms with Crippen LogP contribution in [-0.2, 0) is 32.0 Å². The van der Waals surface area contributed by atoms with E-state index in [2.05, 4.69) is 10.6 Å². The number of anilines is 1. The van der Waals surface area contributed by atoms with Crippen LogP contribution < -0.4 is 10.6 Å². The molecular weight excluding hydrogens is 486 g/mol. The van der Waals surface area contributed by atoms with E-state index in [1.165, 1.54) is 0 Å². The number of rotatable bonds is 9. The molecule has 0 fully saturated rings. The highest BCUT2D eigenvalue weighted by atomic mass is 16.6. The van der Waals surface area contributed by atoms with Crippen molar-refractivity contribution in [3.8, 4) is 11.3 Å². The van der Waals surface area contributed by atoms with Crippen molar-refractivity contribution in [2.24, 2.45) is 0 Å². The van der Waals surface area contributed by atoms with Crippen molar-refractivity contribution in [2.75, 3.05) is 11.9 Å². The predicted molar refractivity (Wildman–Crippen MR) is 143 cm³/mol. The third-order valence-corrected chi connectivity index (χ3v) is 5.15.